The van der Waals surface area contributed by atoms with Crippen LogP contribution in [0.15, 0.2) is 24.3 Å². The van der Waals surface area contributed by atoms with Crippen molar-refractivity contribution in [3.05, 3.63) is 24.3 Å². The van der Waals surface area contributed by atoms with E-state index >= 15 is 0 Å². The van der Waals surface area contributed by atoms with E-state index in [2.05, 4.69) is 11.9 Å². The topological polar surface area (TPSA) is 84.9 Å². The van der Waals surface area contributed by atoms with E-state index in [9.17, 15) is 9.59 Å². The minimum Gasteiger partial charge on any atom is -0.460 e. The second-order valence-corrected chi connectivity index (χ2v) is 7.13. The largest absolute Gasteiger partial charge is 0.460 e. The van der Waals surface area contributed by atoms with Crippen molar-refractivity contribution < 1.29 is 24.2 Å². The number of ether oxygens (including phenoxy) is 2. The van der Waals surface area contributed by atoms with Crippen LogP contribution >= 0.6 is 11.8 Å². The molecule has 0 unspecified atom stereocenters. The molecule has 2 aliphatic heterocycles. The molecule has 0 saturated carbocycles. The highest BCUT2D eigenvalue weighted by Gasteiger charge is 2.49. The lowest BCUT2D eigenvalue weighted by Crippen LogP contribution is -2.46. The maximum atomic E-state index is 12.1. The molecule has 21 heavy (non-hydrogen) atoms. The molecule has 0 aromatic heterocycles. The van der Waals surface area contributed by atoms with Crippen molar-refractivity contribution in [3.63, 3.8) is 0 Å². The summed E-state index contributed by atoms with van der Waals surface area (Å²) in [6, 6.07) is -0.533. The van der Waals surface area contributed by atoms with Crippen molar-refractivity contribution in [1.29, 1.82) is 0 Å². The second-order valence-electron chi connectivity index (χ2n) is 5.37. The summed E-state index contributed by atoms with van der Waals surface area (Å²) in [6.45, 7) is 7.23. The Balaban J connectivity index is 2.11. The summed E-state index contributed by atoms with van der Waals surface area (Å²) in [6.07, 6.45) is 2.50. The van der Waals surface area contributed by atoms with Crippen LogP contribution in [0.4, 0.5) is 0 Å². The lowest BCUT2D eigenvalue weighted by molar-refractivity contribution is -0.145. The van der Waals surface area contributed by atoms with Crippen LogP contribution in [0.5, 0.6) is 0 Å². The smallest absolute Gasteiger partial charge is 0.336 e. The van der Waals surface area contributed by atoms with Gasteiger partial charge in [-0.25, -0.2) is 4.79 Å². The van der Waals surface area contributed by atoms with Gasteiger partial charge in [0.15, 0.2) is 0 Å². The first-order valence-corrected chi connectivity index (χ1v) is 7.52. The van der Waals surface area contributed by atoms with Gasteiger partial charge in [0.25, 0.3) is 0 Å². The van der Waals surface area contributed by atoms with Crippen molar-refractivity contribution in [1.82, 2.24) is 5.32 Å². The first-order valence-electron chi connectivity index (χ1n) is 6.64. The Labute approximate surface area is 127 Å². The van der Waals surface area contributed by atoms with Crippen LogP contribution in [0, 0.1) is 0 Å². The number of esters is 2. The van der Waals surface area contributed by atoms with Gasteiger partial charge in [-0.3, -0.25) is 10.1 Å². The number of aliphatic hydroxyl groups excluding tert-OH is 1. The summed E-state index contributed by atoms with van der Waals surface area (Å²) in [4.78, 5) is 23.9. The van der Waals surface area contributed by atoms with Gasteiger partial charge in [-0.05, 0) is 19.9 Å². The Bertz CT molecular complexity index is 488. The van der Waals surface area contributed by atoms with Crippen LogP contribution < -0.4 is 5.32 Å². The number of cyclic esters (lactones) is 1. The summed E-state index contributed by atoms with van der Waals surface area (Å²) in [7, 11) is 0. The highest BCUT2D eigenvalue weighted by atomic mass is 32.2. The molecule has 0 radical (unpaired) electrons. The number of hydrogen-bond donors (Lipinski definition) is 2. The van der Waals surface area contributed by atoms with Crippen LogP contribution in [0.1, 0.15) is 13.8 Å². The SMILES string of the molecule is C=CCOC(=O)[C@@H]1N[C@@H](C2=C[C@@H](CO)OC2=O)SC1(C)C. The first kappa shape index (κ1) is 16.1. The van der Waals surface area contributed by atoms with Crippen molar-refractivity contribution in [2.75, 3.05) is 13.2 Å². The van der Waals surface area contributed by atoms with E-state index in [4.69, 9.17) is 14.6 Å². The summed E-state index contributed by atoms with van der Waals surface area (Å²) in [5.74, 6) is -0.837. The number of carbonyl (C=O) groups excluding carboxylic acids is 2. The molecule has 1 saturated heterocycles. The van der Waals surface area contributed by atoms with E-state index in [-0.39, 0.29) is 24.6 Å². The maximum Gasteiger partial charge on any atom is 0.336 e. The van der Waals surface area contributed by atoms with Gasteiger partial charge in [0.1, 0.15) is 18.8 Å². The third-order valence-corrected chi connectivity index (χ3v) is 4.80. The molecule has 2 aliphatic rings. The number of aliphatic hydroxyl groups is 1. The van der Waals surface area contributed by atoms with Crippen LogP contribution in [-0.4, -0.2) is 52.5 Å². The van der Waals surface area contributed by atoms with Gasteiger partial charge in [0.2, 0.25) is 0 Å². The number of hydrogen-bond acceptors (Lipinski definition) is 7. The van der Waals surface area contributed by atoms with E-state index in [1.54, 1.807) is 6.08 Å². The van der Waals surface area contributed by atoms with Gasteiger partial charge >= 0.3 is 11.9 Å². The number of rotatable bonds is 5. The third kappa shape index (κ3) is 3.30. The van der Waals surface area contributed by atoms with Gasteiger partial charge in [0, 0.05) is 4.75 Å². The van der Waals surface area contributed by atoms with Gasteiger partial charge in [-0.1, -0.05) is 12.7 Å². The second kappa shape index (κ2) is 6.21. The van der Waals surface area contributed by atoms with E-state index in [1.807, 2.05) is 13.8 Å². The molecular formula is C14H19NO5S. The van der Waals surface area contributed by atoms with E-state index < -0.39 is 22.9 Å². The van der Waals surface area contributed by atoms with Gasteiger partial charge in [0.05, 0.1) is 17.6 Å². The number of thioether (sulfide) groups is 1. The molecule has 0 spiro atoms. The standard InChI is InChI=1S/C14H19NO5S/c1-4-5-19-13(18)10-14(2,3)21-11(15-10)9-6-8(7-16)20-12(9)17/h4,6,8,10-11,15-16H,1,5,7H2,2-3H3/t8-,10-,11+/m0/s1. The highest BCUT2D eigenvalue weighted by Crippen LogP contribution is 2.42. The molecule has 7 heteroatoms. The van der Waals surface area contributed by atoms with Crippen LogP contribution in [-0.2, 0) is 19.1 Å². The van der Waals surface area contributed by atoms with Crippen LogP contribution in [0.25, 0.3) is 0 Å². The summed E-state index contributed by atoms with van der Waals surface area (Å²) < 4.78 is 9.65. The predicted molar refractivity (Wildman–Crippen MR) is 78.6 cm³/mol. The summed E-state index contributed by atoms with van der Waals surface area (Å²) in [5.41, 5.74) is 0.436. The monoisotopic (exact) mass is 313 g/mol. The highest BCUT2D eigenvalue weighted by molar-refractivity contribution is 8.01. The number of carbonyl (C=O) groups is 2. The quantitative estimate of drug-likeness (QED) is 0.560. The minimum atomic E-state index is -0.607. The molecular weight excluding hydrogens is 294 g/mol. The minimum absolute atomic E-state index is 0.153. The van der Waals surface area contributed by atoms with E-state index in [0.717, 1.165) is 0 Å². The molecule has 2 rings (SSSR count). The number of nitrogens with one attached hydrogen (secondary N) is 1. The summed E-state index contributed by atoms with van der Waals surface area (Å²) >= 11 is 1.46. The normalized spacial score (nSPS) is 30.7. The Morgan fingerprint density at radius 3 is 2.95 bits per heavy atom. The maximum absolute atomic E-state index is 12.1. The zero-order valence-electron chi connectivity index (χ0n) is 12.0. The van der Waals surface area contributed by atoms with Crippen LogP contribution in [0.3, 0.4) is 0 Å². The van der Waals surface area contributed by atoms with Crippen molar-refractivity contribution >= 4 is 23.7 Å². The molecule has 0 bridgehead atoms. The fourth-order valence-corrected chi connectivity index (χ4v) is 3.69. The predicted octanol–water partition coefficient (Wildman–Crippen LogP) is 0.369. The molecule has 116 valence electrons. The van der Waals surface area contributed by atoms with Crippen molar-refractivity contribution in [2.45, 2.75) is 36.1 Å². The molecule has 1 fully saturated rings. The average Bonchev–Trinajstić information content (AvgIpc) is 2.95. The molecule has 6 nitrogen and oxygen atoms in total. The zero-order valence-corrected chi connectivity index (χ0v) is 12.8. The molecule has 0 amide bonds. The van der Waals surface area contributed by atoms with E-state index in [0.29, 0.717) is 5.57 Å². The molecule has 2 N–H and O–H groups in total. The molecule has 0 aromatic carbocycles. The first-order chi connectivity index (χ1) is 9.89. The van der Waals surface area contributed by atoms with Crippen LogP contribution in [0.2, 0.25) is 0 Å². The lowest BCUT2D eigenvalue weighted by Gasteiger charge is -2.22. The van der Waals surface area contributed by atoms with Crippen molar-refractivity contribution in [3.8, 4) is 0 Å². The van der Waals surface area contributed by atoms with Gasteiger partial charge in [-0.2, -0.15) is 0 Å². The molecule has 2 heterocycles. The fourth-order valence-electron chi connectivity index (χ4n) is 2.28. The van der Waals surface area contributed by atoms with E-state index in [1.165, 1.54) is 17.8 Å². The summed E-state index contributed by atoms with van der Waals surface area (Å²) in [5, 5.41) is 11.8. The molecule has 0 aromatic rings. The van der Waals surface area contributed by atoms with Gasteiger partial charge in [-0.15, -0.1) is 11.8 Å². The Morgan fingerprint density at radius 1 is 1.67 bits per heavy atom. The molecule has 3 atom stereocenters. The Kier molecular flexibility index (Phi) is 4.75. The Hall–Kier alpha value is -1.31. The molecule has 0 aliphatic carbocycles. The fraction of sp³-hybridized carbons (Fsp3) is 0.571. The zero-order chi connectivity index (χ0) is 15.6. The third-order valence-electron chi connectivity index (χ3n) is 3.34. The Morgan fingerprint density at radius 2 is 2.38 bits per heavy atom. The lowest BCUT2D eigenvalue weighted by atomic mass is 10.0. The van der Waals surface area contributed by atoms with Crippen molar-refractivity contribution in [2.24, 2.45) is 0 Å². The van der Waals surface area contributed by atoms with Gasteiger partial charge < -0.3 is 14.6 Å². The average molecular weight is 313 g/mol.